The molecule has 0 N–H and O–H groups in total. The van der Waals surface area contributed by atoms with Gasteiger partial charge in [-0.2, -0.15) is 13.2 Å². The van der Waals surface area contributed by atoms with E-state index in [1.54, 1.807) is 12.1 Å². The average molecular weight is 315 g/mol. The molecule has 0 amide bonds. The number of benzene rings is 1. The standard InChI is InChI=1S/C15H14ClF3N2/c1-2-4-12-9-13(16)21-14(20-12)8-10-5-3-6-11(7-10)15(17,18)19/h3,5-7,9H,2,4,8H2,1H3. The monoisotopic (exact) mass is 314 g/mol. The fourth-order valence-electron chi connectivity index (χ4n) is 2.02. The van der Waals surface area contributed by atoms with Crippen molar-refractivity contribution in [2.24, 2.45) is 0 Å². The lowest BCUT2D eigenvalue weighted by atomic mass is 10.1. The molecule has 2 rings (SSSR count). The summed E-state index contributed by atoms with van der Waals surface area (Å²) in [5, 5.41) is 0.315. The molecule has 0 spiro atoms. The molecule has 0 aliphatic carbocycles. The molecule has 21 heavy (non-hydrogen) atoms. The second-order valence-electron chi connectivity index (χ2n) is 4.72. The highest BCUT2D eigenvalue weighted by atomic mass is 35.5. The lowest BCUT2D eigenvalue weighted by Crippen LogP contribution is -2.06. The Bertz CT molecular complexity index is 627. The molecule has 0 aliphatic rings. The smallest absolute Gasteiger partial charge is 0.237 e. The molecule has 0 fully saturated rings. The van der Waals surface area contributed by atoms with Gasteiger partial charge in [-0.15, -0.1) is 0 Å². The van der Waals surface area contributed by atoms with E-state index in [4.69, 9.17) is 11.6 Å². The highest BCUT2D eigenvalue weighted by Crippen LogP contribution is 2.29. The van der Waals surface area contributed by atoms with Crippen LogP contribution in [0.2, 0.25) is 5.15 Å². The van der Waals surface area contributed by atoms with Crippen LogP contribution in [0.5, 0.6) is 0 Å². The number of rotatable bonds is 4. The molecule has 2 nitrogen and oxygen atoms in total. The third-order valence-corrected chi connectivity index (χ3v) is 3.11. The maximum absolute atomic E-state index is 12.7. The van der Waals surface area contributed by atoms with Crippen molar-refractivity contribution in [3.63, 3.8) is 0 Å². The molecule has 1 aromatic heterocycles. The lowest BCUT2D eigenvalue weighted by Gasteiger charge is -2.09. The third kappa shape index (κ3) is 4.43. The molecule has 112 valence electrons. The molecule has 1 aromatic carbocycles. The number of nitrogens with zero attached hydrogens (tertiary/aromatic N) is 2. The van der Waals surface area contributed by atoms with Gasteiger partial charge in [0.25, 0.3) is 0 Å². The highest BCUT2D eigenvalue weighted by Gasteiger charge is 2.30. The fourth-order valence-corrected chi connectivity index (χ4v) is 2.24. The van der Waals surface area contributed by atoms with Gasteiger partial charge in [0.05, 0.1) is 5.56 Å². The molecular formula is C15H14ClF3N2. The molecule has 1 heterocycles. The first-order valence-electron chi connectivity index (χ1n) is 6.57. The molecule has 0 atom stereocenters. The van der Waals surface area contributed by atoms with Crippen LogP contribution in [0.1, 0.15) is 36.0 Å². The Morgan fingerprint density at radius 2 is 1.90 bits per heavy atom. The van der Waals surface area contributed by atoms with Crippen molar-refractivity contribution in [2.45, 2.75) is 32.4 Å². The topological polar surface area (TPSA) is 25.8 Å². The number of hydrogen-bond acceptors (Lipinski definition) is 2. The van der Waals surface area contributed by atoms with Gasteiger partial charge in [0.1, 0.15) is 11.0 Å². The van der Waals surface area contributed by atoms with Crippen LogP contribution in [0.25, 0.3) is 0 Å². The summed E-state index contributed by atoms with van der Waals surface area (Å²) in [7, 11) is 0. The summed E-state index contributed by atoms with van der Waals surface area (Å²) in [5.74, 6) is 0.435. The first kappa shape index (κ1) is 15.8. The number of aryl methyl sites for hydroxylation is 1. The van der Waals surface area contributed by atoms with E-state index in [9.17, 15) is 13.2 Å². The zero-order chi connectivity index (χ0) is 15.5. The molecule has 6 heteroatoms. The first-order valence-corrected chi connectivity index (χ1v) is 6.94. The minimum absolute atomic E-state index is 0.223. The van der Waals surface area contributed by atoms with Crippen LogP contribution in [-0.4, -0.2) is 9.97 Å². The number of hydrogen-bond donors (Lipinski definition) is 0. The molecule has 0 radical (unpaired) electrons. The van der Waals surface area contributed by atoms with Crippen LogP contribution in [0.3, 0.4) is 0 Å². The van der Waals surface area contributed by atoms with Gasteiger partial charge in [0.15, 0.2) is 0 Å². The molecule has 2 aromatic rings. The summed E-state index contributed by atoms with van der Waals surface area (Å²) in [6.45, 7) is 2.02. The Hall–Kier alpha value is -1.62. The van der Waals surface area contributed by atoms with E-state index in [-0.39, 0.29) is 6.42 Å². The van der Waals surface area contributed by atoms with Gasteiger partial charge >= 0.3 is 6.18 Å². The maximum Gasteiger partial charge on any atom is 0.416 e. The van der Waals surface area contributed by atoms with E-state index in [1.807, 2.05) is 6.92 Å². The summed E-state index contributed by atoms with van der Waals surface area (Å²) in [5.41, 5.74) is 0.643. The van der Waals surface area contributed by atoms with Gasteiger partial charge in [-0.05, 0) is 24.1 Å². The van der Waals surface area contributed by atoms with E-state index in [0.717, 1.165) is 30.7 Å². The van der Waals surface area contributed by atoms with Crippen LogP contribution in [0.4, 0.5) is 13.2 Å². The van der Waals surface area contributed by atoms with E-state index < -0.39 is 11.7 Å². The second-order valence-corrected chi connectivity index (χ2v) is 5.11. The summed E-state index contributed by atoms with van der Waals surface area (Å²) in [6.07, 6.45) is -2.45. The van der Waals surface area contributed by atoms with Gasteiger partial charge < -0.3 is 0 Å². The zero-order valence-corrected chi connectivity index (χ0v) is 12.2. The van der Waals surface area contributed by atoms with E-state index >= 15 is 0 Å². The van der Waals surface area contributed by atoms with Crippen LogP contribution in [0, 0.1) is 0 Å². The molecule has 0 unspecified atom stereocenters. The predicted octanol–water partition coefficient (Wildman–Crippen LogP) is 4.69. The minimum atomic E-state index is -4.35. The highest BCUT2D eigenvalue weighted by molar-refractivity contribution is 6.29. The summed E-state index contributed by atoms with van der Waals surface area (Å²) >= 11 is 5.92. The van der Waals surface area contributed by atoms with Gasteiger partial charge in [-0.3, -0.25) is 0 Å². The SMILES string of the molecule is CCCc1cc(Cl)nc(Cc2cccc(C(F)(F)F)c2)n1. The van der Waals surface area contributed by atoms with Crippen molar-refractivity contribution in [3.8, 4) is 0 Å². The van der Waals surface area contributed by atoms with Crippen LogP contribution < -0.4 is 0 Å². The molecule has 0 bridgehead atoms. The van der Waals surface area contributed by atoms with E-state index in [0.29, 0.717) is 16.5 Å². The van der Waals surface area contributed by atoms with Crippen molar-refractivity contribution in [1.29, 1.82) is 0 Å². The fraction of sp³-hybridized carbons (Fsp3) is 0.333. The average Bonchev–Trinajstić information content (AvgIpc) is 2.37. The second kappa shape index (κ2) is 6.43. The Morgan fingerprint density at radius 3 is 2.57 bits per heavy atom. The minimum Gasteiger partial charge on any atom is -0.237 e. The van der Waals surface area contributed by atoms with Crippen molar-refractivity contribution in [3.05, 3.63) is 58.1 Å². The van der Waals surface area contributed by atoms with Crippen LogP contribution in [0.15, 0.2) is 30.3 Å². The number of aromatic nitrogens is 2. The molecular weight excluding hydrogens is 301 g/mol. The number of alkyl halides is 3. The first-order chi connectivity index (χ1) is 9.88. The lowest BCUT2D eigenvalue weighted by molar-refractivity contribution is -0.137. The maximum atomic E-state index is 12.7. The van der Waals surface area contributed by atoms with Crippen molar-refractivity contribution in [2.75, 3.05) is 0 Å². The molecule has 0 aliphatic heterocycles. The summed E-state index contributed by atoms with van der Waals surface area (Å²) in [6, 6.07) is 6.85. The zero-order valence-electron chi connectivity index (χ0n) is 11.4. The predicted molar refractivity (Wildman–Crippen MR) is 75.3 cm³/mol. The van der Waals surface area contributed by atoms with Gasteiger partial charge in [-0.1, -0.05) is 43.1 Å². The van der Waals surface area contributed by atoms with E-state index in [2.05, 4.69) is 9.97 Å². The van der Waals surface area contributed by atoms with Gasteiger partial charge in [-0.25, -0.2) is 9.97 Å². The van der Waals surface area contributed by atoms with E-state index in [1.165, 1.54) is 6.07 Å². The van der Waals surface area contributed by atoms with Crippen LogP contribution in [-0.2, 0) is 19.0 Å². The number of halogens is 4. The van der Waals surface area contributed by atoms with Crippen molar-refractivity contribution in [1.82, 2.24) is 9.97 Å². The molecule has 0 saturated carbocycles. The Kier molecular flexibility index (Phi) is 4.83. The third-order valence-electron chi connectivity index (χ3n) is 2.92. The van der Waals surface area contributed by atoms with Gasteiger partial charge in [0.2, 0.25) is 0 Å². The largest absolute Gasteiger partial charge is 0.416 e. The van der Waals surface area contributed by atoms with Crippen LogP contribution >= 0.6 is 11.6 Å². The summed E-state index contributed by atoms with van der Waals surface area (Å²) < 4.78 is 38.0. The summed E-state index contributed by atoms with van der Waals surface area (Å²) in [4.78, 5) is 8.41. The van der Waals surface area contributed by atoms with Crippen molar-refractivity contribution < 1.29 is 13.2 Å². The molecule has 0 saturated heterocycles. The Labute approximate surface area is 126 Å². The normalized spacial score (nSPS) is 11.7. The van der Waals surface area contributed by atoms with Crippen molar-refractivity contribution >= 4 is 11.6 Å². The Balaban J connectivity index is 2.26. The Morgan fingerprint density at radius 1 is 1.14 bits per heavy atom. The quantitative estimate of drug-likeness (QED) is 0.765. The van der Waals surface area contributed by atoms with Gasteiger partial charge in [0, 0.05) is 12.1 Å².